The van der Waals surface area contributed by atoms with E-state index in [0.717, 1.165) is 16.4 Å². The van der Waals surface area contributed by atoms with Gasteiger partial charge in [-0.05, 0) is 29.8 Å². The summed E-state index contributed by atoms with van der Waals surface area (Å²) in [7, 11) is 0. The van der Waals surface area contributed by atoms with Gasteiger partial charge in [0.2, 0.25) is 5.91 Å². The molecule has 0 aliphatic rings. The van der Waals surface area contributed by atoms with Crippen LogP contribution in [0.2, 0.25) is 0 Å². The summed E-state index contributed by atoms with van der Waals surface area (Å²) in [6, 6.07) is 7.66. The third-order valence-electron chi connectivity index (χ3n) is 2.95. The lowest BCUT2D eigenvalue weighted by Gasteiger charge is -2.03. The maximum Gasteiger partial charge on any atom is 0.226 e. The topological polar surface area (TPSA) is 59.8 Å². The van der Waals surface area contributed by atoms with Crippen molar-refractivity contribution in [2.45, 2.75) is 13.0 Å². The van der Waals surface area contributed by atoms with E-state index in [1.165, 1.54) is 11.3 Å². The van der Waals surface area contributed by atoms with Crippen LogP contribution in [0, 0.1) is 0 Å². The van der Waals surface area contributed by atoms with Crippen molar-refractivity contribution in [3.63, 3.8) is 0 Å². The molecule has 106 valence electrons. The Morgan fingerprint density at radius 2 is 2.00 bits per heavy atom. The standard InChI is InChI=1S/C15H14N4OS/c20-14(17-10-12-3-5-16-6-4-12)9-13-11-21-15(18-13)19-7-1-2-8-19/h1-8,11H,9-10H2,(H,17,20). The highest BCUT2D eigenvalue weighted by Crippen LogP contribution is 2.15. The number of rotatable bonds is 5. The van der Waals surface area contributed by atoms with Crippen molar-refractivity contribution in [3.05, 3.63) is 65.7 Å². The second-order valence-corrected chi connectivity index (χ2v) is 5.36. The van der Waals surface area contributed by atoms with Crippen molar-refractivity contribution in [1.82, 2.24) is 19.9 Å². The normalized spacial score (nSPS) is 10.5. The van der Waals surface area contributed by atoms with Crippen LogP contribution < -0.4 is 5.32 Å². The highest BCUT2D eigenvalue weighted by Gasteiger charge is 2.08. The van der Waals surface area contributed by atoms with E-state index in [0.29, 0.717) is 13.0 Å². The van der Waals surface area contributed by atoms with Gasteiger partial charge in [0, 0.05) is 36.7 Å². The van der Waals surface area contributed by atoms with Gasteiger partial charge in [0.1, 0.15) is 0 Å². The molecule has 0 radical (unpaired) electrons. The molecule has 0 unspecified atom stereocenters. The number of hydrogen-bond donors (Lipinski definition) is 1. The van der Waals surface area contributed by atoms with Gasteiger partial charge in [-0.1, -0.05) is 0 Å². The minimum Gasteiger partial charge on any atom is -0.352 e. The van der Waals surface area contributed by atoms with E-state index >= 15 is 0 Å². The molecule has 0 fully saturated rings. The number of nitrogens with one attached hydrogen (secondary N) is 1. The molecular formula is C15H14N4OS. The van der Waals surface area contributed by atoms with Crippen LogP contribution in [0.4, 0.5) is 0 Å². The molecule has 0 aliphatic carbocycles. The van der Waals surface area contributed by atoms with Gasteiger partial charge < -0.3 is 9.88 Å². The van der Waals surface area contributed by atoms with Crippen molar-refractivity contribution in [1.29, 1.82) is 0 Å². The lowest BCUT2D eigenvalue weighted by Crippen LogP contribution is -2.24. The first-order valence-electron chi connectivity index (χ1n) is 6.54. The number of pyridine rings is 1. The van der Waals surface area contributed by atoms with Crippen LogP contribution in [0.1, 0.15) is 11.3 Å². The molecule has 1 amide bonds. The summed E-state index contributed by atoms with van der Waals surface area (Å²) in [5.74, 6) is -0.0313. The predicted molar refractivity (Wildman–Crippen MR) is 81.2 cm³/mol. The van der Waals surface area contributed by atoms with Gasteiger partial charge in [-0.15, -0.1) is 11.3 Å². The molecule has 0 atom stereocenters. The highest BCUT2D eigenvalue weighted by molar-refractivity contribution is 7.12. The summed E-state index contributed by atoms with van der Waals surface area (Å²) in [5.41, 5.74) is 1.82. The van der Waals surface area contributed by atoms with Crippen molar-refractivity contribution in [3.8, 4) is 5.13 Å². The summed E-state index contributed by atoms with van der Waals surface area (Å²) >= 11 is 1.53. The third kappa shape index (κ3) is 3.55. The minimum absolute atomic E-state index is 0.0313. The monoisotopic (exact) mass is 298 g/mol. The van der Waals surface area contributed by atoms with Crippen molar-refractivity contribution in [2.24, 2.45) is 0 Å². The first kappa shape index (κ1) is 13.5. The van der Waals surface area contributed by atoms with E-state index in [1.807, 2.05) is 46.6 Å². The Labute approximate surface area is 126 Å². The summed E-state index contributed by atoms with van der Waals surface area (Å²) in [6.07, 6.45) is 7.59. The average Bonchev–Trinajstić information content (AvgIpc) is 3.17. The molecule has 3 aromatic rings. The number of carbonyl (C=O) groups is 1. The first-order chi connectivity index (χ1) is 10.3. The maximum atomic E-state index is 11.9. The molecule has 6 heteroatoms. The van der Waals surface area contributed by atoms with Crippen LogP contribution in [0.15, 0.2) is 54.4 Å². The second-order valence-electron chi connectivity index (χ2n) is 4.52. The molecule has 21 heavy (non-hydrogen) atoms. The maximum absolute atomic E-state index is 11.9. The second kappa shape index (κ2) is 6.32. The molecule has 3 heterocycles. The van der Waals surface area contributed by atoms with E-state index in [1.54, 1.807) is 12.4 Å². The molecule has 0 bridgehead atoms. The molecule has 0 spiro atoms. The largest absolute Gasteiger partial charge is 0.352 e. The fourth-order valence-corrected chi connectivity index (χ4v) is 2.68. The third-order valence-corrected chi connectivity index (χ3v) is 3.85. The van der Waals surface area contributed by atoms with Crippen LogP contribution in [0.25, 0.3) is 5.13 Å². The SMILES string of the molecule is O=C(Cc1csc(-n2cccc2)n1)NCc1ccncc1. The van der Waals surface area contributed by atoms with E-state index < -0.39 is 0 Å². The molecule has 5 nitrogen and oxygen atoms in total. The van der Waals surface area contributed by atoms with Gasteiger partial charge in [-0.2, -0.15) is 0 Å². The zero-order chi connectivity index (χ0) is 14.5. The van der Waals surface area contributed by atoms with Crippen LogP contribution in [-0.4, -0.2) is 20.4 Å². The number of nitrogens with zero attached hydrogens (tertiary/aromatic N) is 3. The van der Waals surface area contributed by atoms with Gasteiger partial charge in [0.05, 0.1) is 12.1 Å². The molecule has 0 aliphatic heterocycles. The van der Waals surface area contributed by atoms with Crippen LogP contribution in [-0.2, 0) is 17.8 Å². The number of aromatic nitrogens is 3. The van der Waals surface area contributed by atoms with Gasteiger partial charge in [0.15, 0.2) is 5.13 Å². The quantitative estimate of drug-likeness (QED) is 0.785. The van der Waals surface area contributed by atoms with Crippen molar-refractivity contribution >= 4 is 17.2 Å². The fraction of sp³-hybridized carbons (Fsp3) is 0.133. The summed E-state index contributed by atoms with van der Waals surface area (Å²) < 4.78 is 1.93. The van der Waals surface area contributed by atoms with Gasteiger partial charge in [-0.25, -0.2) is 4.98 Å². The number of hydrogen-bond acceptors (Lipinski definition) is 4. The van der Waals surface area contributed by atoms with Crippen LogP contribution in [0.5, 0.6) is 0 Å². The molecule has 0 aromatic carbocycles. The zero-order valence-electron chi connectivity index (χ0n) is 11.3. The molecule has 0 saturated carbocycles. The van der Waals surface area contributed by atoms with E-state index in [9.17, 15) is 4.79 Å². The lowest BCUT2D eigenvalue weighted by atomic mass is 10.2. The van der Waals surface area contributed by atoms with Crippen molar-refractivity contribution in [2.75, 3.05) is 0 Å². The fourth-order valence-electron chi connectivity index (χ4n) is 1.89. The Bertz CT molecular complexity index is 706. The van der Waals surface area contributed by atoms with Gasteiger partial charge in [0.25, 0.3) is 0 Å². The van der Waals surface area contributed by atoms with Crippen molar-refractivity contribution < 1.29 is 4.79 Å². The number of carbonyl (C=O) groups excluding carboxylic acids is 1. The Balaban J connectivity index is 1.55. The van der Waals surface area contributed by atoms with Gasteiger partial charge >= 0.3 is 0 Å². The Morgan fingerprint density at radius 1 is 1.24 bits per heavy atom. The smallest absolute Gasteiger partial charge is 0.226 e. The average molecular weight is 298 g/mol. The van der Waals surface area contributed by atoms with Crippen LogP contribution >= 0.6 is 11.3 Å². The lowest BCUT2D eigenvalue weighted by molar-refractivity contribution is -0.120. The predicted octanol–water partition coefficient (Wildman–Crippen LogP) is 2.19. The summed E-state index contributed by atoms with van der Waals surface area (Å²) in [5, 5.41) is 5.67. The molecule has 1 N–H and O–H groups in total. The summed E-state index contributed by atoms with van der Waals surface area (Å²) in [6.45, 7) is 0.510. The molecule has 3 rings (SSSR count). The first-order valence-corrected chi connectivity index (χ1v) is 7.42. The molecule has 0 saturated heterocycles. The van der Waals surface area contributed by atoms with Crippen LogP contribution in [0.3, 0.4) is 0 Å². The number of thiazole rings is 1. The van der Waals surface area contributed by atoms with E-state index in [2.05, 4.69) is 15.3 Å². The number of amides is 1. The zero-order valence-corrected chi connectivity index (χ0v) is 12.1. The summed E-state index contributed by atoms with van der Waals surface area (Å²) in [4.78, 5) is 20.3. The molecule has 3 aromatic heterocycles. The van der Waals surface area contributed by atoms with Gasteiger partial charge in [-0.3, -0.25) is 9.78 Å². The molecular weight excluding hydrogens is 284 g/mol. The Hall–Kier alpha value is -2.47. The van der Waals surface area contributed by atoms with E-state index in [4.69, 9.17) is 0 Å². The minimum atomic E-state index is -0.0313. The highest BCUT2D eigenvalue weighted by atomic mass is 32.1. The Morgan fingerprint density at radius 3 is 2.76 bits per heavy atom. The van der Waals surface area contributed by atoms with E-state index in [-0.39, 0.29) is 5.91 Å². The Kier molecular flexibility index (Phi) is 4.07.